The molecule has 0 bridgehead atoms. The molecule has 0 aliphatic heterocycles. The Bertz CT molecular complexity index is 558. The number of pyridine rings is 1. The van der Waals surface area contributed by atoms with Gasteiger partial charge >= 0.3 is 0 Å². The lowest BCUT2D eigenvalue weighted by Crippen LogP contribution is -2.04. The highest BCUT2D eigenvalue weighted by atomic mass is 32.2. The molecule has 0 amide bonds. The van der Waals surface area contributed by atoms with E-state index in [0.717, 1.165) is 33.3 Å². The zero-order valence-corrected chi connectivity index (χ0v) is 11.9. The second-order valence-corrected chi connectivity index (χ2v) is 5.23. The zero-order valence-electron chi connectivity index (χ0n) is 11.1. The maximum atomic E-state index is 5.79. The van der Waals surface area contributed by atoms with Crippen LogP contribution in [0.1, 0.15) is 28.3 Å². The molecule has 0 spiro atoms. The van der Waals surface area contributed by atoms with E-state index in [1.807, 2.05) is 33.8 Å². The summed E-state index contributed by atoms with van der Waals surface area (Å²) in [7, 11) is 0. The van der Waals surface area contributed by atoms with Crippen LogP contribution in [0.5, 0.6) is 0 Å². The van der Waals surface area contributed by atoms with E-state index in [1.54, 1.807) is 0 Å². The molecule has 0 atom stereocenters. The summed E-state index contributed by atoms with van der Waals surface area (Å²) in [5, 5.41) is 1.51. The van der Waals surface area contributed by atoms with Gasteiger partial charge in [0.15, 0.2) is 0 Å². The average molecular weight is 263 g/mol. The Morgan fingerprint density at radius 3 is 2.50 bits per heavy atom. The summed E-state index contributed by atoms with van der Waals surface area (Å²) in [6.07, 6.45) is 0. The molecule has 2 aromatic heterocycles. The molecule has 0 fully saturated rings. The summed E-state index contributed by atoms with van der Waals surface area (Å²) in [6.45, 7) is 8.34. The van der Waals surface area contributed by atoms with Crippen molar-refractivity contribution in [2.24, 2.45) is 5.73 Å². The van der Waals surface area contributed by atoms with Gasteiger partial charge in [0.2, 0.25) is 0 Å². The number of rotatable bonds is 3. The van der Waals surface area contributed by atoms with Crippen molar-refractivity contribution in [3.63, 3.8) is 0 Å². The minimum Gasteiger partial charge on any atom is -0.436 e. The Labute approximate surface area is 111 Å². The first-order valence-electron chi connectivity index (χ1n) is 5.80. The molecule has 96 valence electrons. The van der Waals surface area contributed by atoms with Gasteiger partial charge in [-0.15, -0.1) is 0 Å². The van der Waals surface area contributed by atoms with Crippen LogP contribution >= 0.6 is 11.8 Å². The van der Waals surface area contributed by atoms with E-state index in [4.69, 9.17) is 10.2 Å². The summed E-state index contributed by atoms with van der Waals surface area (Å²) in [4.78, 5) is 8.88. The van der Waals surface area contributed by atoms with Gasteiger partial charge in [0.05, 0.1) is 5.69 Å². The Morgan fingerprint density at radius 2 is 1.94 bits per heavy atom. The van der Waals surface area contributed by atoms with Crippen molar-refractivity contribution in [3.05, 3.63) is 34.3 Å². The van der Waals surface area contributed by atoms with Crippen LogP contribution in [0.3, 0.4) is 0 Å². The molecule has 2 rings (SSSR count). The summed E-state index contributed by atoms with van der Waals surface area (Å²) in [5.41, 5.74) is 9.89. The molecule has 0 saturated heterocycles. The molecule has 0 aliphatic rings. The maximum Gasteiger partial charge on any atom is 0.262 e. The molecule has 4 nitrogen and oxygen atoms in total. The van der Waals surface area contributed by atoms with Crippen molar-refractivity contribution in [1.29, 1.82) is 0 Å². The lowest BCUT2D eigenvalue weighted by atomic mass is 10.1. The van der Waals surface area contributed by atoms with Crippen LogP contribution in [0, 0.1) is 27.7 Å². The second kappa shape index (κ2) is 5.12. The lowest BCUT2D eigenvalue weighted by Gasteiger charge is -2.09. The molecule has 0 saturated carbocycles. The van der Waals surface area contributed by atoms with Crippen LogP contribution in [-0.2, 0) is 6.54 Å². The number of hydrogen-bond acceptors (Lipinski definition) is 5. The van der Waals surface area contributed by atoms with E-state index >= 15 is 0 Å². The minimum absolute atomic E-state index is 0.472. The summed E-state index contributed by atoms with van der Waals surface area (Å²) in [5.74, 6) is 0.844. The zero-order chi connectivity index (χ0) is 13.3. The molecule has 2 N–H and O–H groups in total. The second-order valence-electron chi connectivity index (χ2n) is 4.29. The topological polar surface area (TPSA) is 64.9 Å². The molecule has 5 heteroatoms. The van der Waals surface area contributed by atoms with E-state index in [-0.39, 0.29) is 0 Å². The van der Waals surface area contributed by atoms with Crippen molar-refractivity contribution in [2.45, 2.75) is 44.5 Å². The average Bonchev–Trinajstić information content (AvgIpc) is 2.57. The van der Waals surface area contributed by atoms with E-state index < -0.39 is 0 Å². The fraction of sp³-hybridized carbons (Fsp3) is 0.385. The molecule has 2 aromatic rings. The largest absolute Gasteiger partial charge is 0.436 e. The van der Waals surface area contributed by atoms with Crippen molar-refractivity contribution in [2.75, 3.05) is 0 Å². The number of aryl methyl sites for hydroxylation is 4. The van der Waals surface area contributed by atoms with Gasteiger partial charge < -0.3 is 10.2 Å². The summed E-state index contributed by atoms with van der Waals surface area (Å²) < 4.78 is 5.57. The first kappa shape index (κ1) is 13.1. The van der Waals surface area contributed by atoms with E-state index in [1.165, 1.54) is 11.8 Å². The fourth-order valence-corrected chi connectivity index (χ4v) is 2.80. The highest BCUT2D eigenvalue weighted by Gasteiger charge is 2.13. The number of aromatic nitrogens is 2. The third kappa shape index (κ3) is 2.57. The van der Waals surface area contributed by atoms with Gasteiger partial charge in [-0.3, -0.25) is 0 Å². The maximum absolute atomic E-state index is 5.79. The van der Waals surface area contributed by atoms with Gasteiger partial charge in [-0.25, -0.2) is 9.97 Å². The number of hydrogen-bond donors (Lipinski definition) is 1. The Morgan fingerprint density at radius 1 is 1.22 bits per heavy atom. The van der Waals surface area contributed by atoms with Crippen LogP contribution in [0.15, 0.2) is 20.7 Å². The van der Waals surface area contributed by atoms with Gasteiger partial charge in [0, 0.05) is 17.8 Å². The third-order valence-electron chi connectivity index (χ3n) is 2.83. The summed E-state index contributed by atoms with van der Waals surface area (Å²) in [6, 6.07) is 2.04. The molecule has 0 aliphatic carbocycles. The monoisotopic (exact) mass is 263 g/mol. The first-order chi connectivity index (χ1) is 8.51. The Balaban J connectivity index is 2.39. The molecule has 2 heterocycles. The van der Waals surface area contributed by atoms with Crippen molar-refractivity contribution < 1.29 is 4.42 Å². The van der Waals surface area contributed by atoms with Crippen LogP contribution in [0.25, 0.3) is 0 Å². The minimum atomic E-state index is 0.472. The van der Waals surface area contributed by atoms with Crippen LogP contribution in [0.2, 0.25) is 0 Å². The highest BCUT2D eigenvalue weighted by Crippen LogP contribution is 2.31. The SMILES string of the molecule is Cc1cc(C)c(CN)c(Sc2nc(C)c(C)o2)n1. The fourth-order valence-electron chi connectivity index (χ4n) is 1.73. The van der Waals surface area contributed by atoms with Gasteiger partial charge in [-0.2, -0.15) is 0 Å². The van der Waals surface area contributed by atoms with Gasteiger partial charge in [0.25, 0.3) is 5.22 Å². The molecular formula is C13H17N3OS. The van der Waals surface area contributed by atoms with Crippen molar-refractivity contribution in [1.82, 2.24) is 9.97 Å². The van der Waals surface area contributed by atoms with Crippen molar-refractivity contribution >= 4 is 11.8 Å². The molecule has 18 heavy (non-hydrogen) atoms. The predicted octanol–water partition coefficient (Wildman–Crippen LogP) is 2.91. The molecule has 0 aromatic carbocycles. The lowest BCUT2D eigenvalue weighted by molar-refractivity contribution is 0.431. The predicted molar refractivity (Wildman–Crippen MR) is 71.7 cm³/mol. The smallest absolute Gasteiger partial charge is 0.262 e. The van der Waals surface area contributed by atoms with Crippen LogP contribution in [-0.4, -0.2) is 9.97 Å². The molecule has 0 unspecified atom stereocenters. The quantitative estimate of drug-likeness (QED) is 0.922. The normalized spacial score (nSPS) is 10.9. The van der Waals surface area contributed by atoms with E-state index in [0.29, 0.717) is 11.8 Å². The third-order valence-corrected chi connectivity index (χ3v) is 3.71. The first-order valence-corrected chi connectivity index (χ1v) is 6.62. The molecular weight excluding hydrogens is 246 g/mol. The van der Waals surface area contributed by atoms with E-state index in [2.05, 4.69) is 9.97 Å². The number of nitrogens with zero attached hydrogens (tertiary/aromatic N) is 2. The Hall–Kier alpha value is -1.33. The number of nitrogens with two attached hydrogens (primary N) is 1. The molecule has 0 radical (unpaired) electrons. The van der Waals surface area contributed by atoms with Crippen LogP contribution < -0.4 is 5.73 Å². The van der Waals surface area contributed by atoms with Gasteiger partial charge in [0.1, 0.15) is 10.8 Å². The van der Waals surface area contributed by atoms with Crippen molar-refractivity contribution in [3.8, 4) is 0 Å². The van der Waals surface area contributed by atoms with E-state index in [9.17, 15) is 0 Å². The highest BCUT2D eigenvalue weighted by molar-refractivity contribution is 7.99. The van der Waals surface area contributed by atoms with Gasteiger partial charge in [-0.05, 0) is 51.1 Å². The standard InChI is InChI=1S/C13H17N3OS/c1-7-5-8(2)15-12(11(7)6-14)18-13-16-9(3)10(4)17-13/h5H,6,14H2,1-4H3. The summed E-state index contributed by atoms with van der Waals surface area (Å²) >= 11 is 1.43. The van der Waals surface area contributed by atoms with Gasteiger partial charge in [-0.1, -0.05) is 0 Å². The Kier molecular flexibility index (Phi) is 3.73. The van der Waals surface area contributed by atoms with Crippen LogP contribution in [0.4, 0.5) is 0 Å². The number of oxazole rings is 1.